The molecule has 0 atom stereocenters. The van der Waals surface area contributed by atoms with E-state index in [9.17, 15) is 14.7 Å². The largest absolute Gasteiger partial charge is 0.506 e. The zero-order valence-electron chi connectivity index (χ0n) is 19.0. The molecule has 2 N–H and O–H groups in total. The van der Waals surface area contributed by atoms with Crippen LogP contribution in [0.2, 0.25) is 0 Å². The molecule has 1 amide bonds. The van der Waals surface area contributed by atoms with Crippen LogP contribution in [-0.4, -0.2) is 54.9 Å². The van der Waals surface area contributed by atoms with Gasteiger partial charge in [0.2, 0.25) is 0 Å². The standard InChI is InChI=1S/C26H29N3O3S/c1-18-7-12-24(33-18)23(31)17-20-5-3-6-22(30)25(20)27-26(32)19-8-10-21(11-9-19)29-14-4-13-28(2)15-16-29/h3,5-12,30H,4,13-17H2,1-2H3,(H,27,32). The molecule has 1 aliphatic rings. The monoisotopic (exact) mass is 463 g/mol. The number of ketones is 1. The summed E-state index contributed by atoms with van der Waals surface area (Å²) in [6, 6.07) is 16.2. The highest BCUT2D eigenvalue weighted by molar-refractivity contribution is 7.14. The van der Waals surface area contributed by atoms with Crippen molar-refractivity contribution in [3.8, 4) is 5.75 Å². The third-order valence-electron chi connectivity index (χ3n) is 5.95. The number of hydrogen-bond acceptors (Lipinski definition) is 6. The van der Waals surface area contributed by atoms with E-state index in [4.69, 9.17) is 0 Å². The minimum Gasteiger partial charge on any atom is -0.506 e. The molecule has 172 valence electrons. The van der Waals surface area contributed by atoms with Crippen LogP contribution < -0.4 is 10.2 Å². The van der Waals surface area contributed by atoms with Gasteiger partial charge in [0.15, 0.2) is 5.78 Å². The molecule has 2 heterocycles. The molecule has 33 heavy (non-hydrogen) atoms. The first-order valence-electron chi connectivity index (χ1n) is 11.2. The van der Waals surface area contributed by atoms with Crippen molar-refractivity contribution in [3.05, 3.63) is 75.5 Å². The Hall–Kier alpha value is -3.16. The predicted molar refractivity (Wildman–Crippen MR) is 134 cm³/mol. The van der Waals surface area contributed by atoms with E-state index in [2.05, 4.69) is 22.2 Å². The smallest absolute Gasteiger partial charge is 0.255 e. The van der Waals surface area contributed by atoms with E-state index >= 15 is 0 Å². The van der Waals surface area contributed by atoms with Crippen molar-refractivity contribution in [1.29, 1.82) is 0 Å². The number of Topliss-reactive ketones (excluding diaryl/α,β-unsaturated/α-hetero) is 1. The van der Waals surface area contributed by atoms with Crippen molar-refractivity contribution >= 4 is 34.4 Å². The molecular formula is C26H29N3O3S. The Labute approximate surface area is 198 Å². The average Bonchev–Trinajstić information content (AvgIpc) is 3.13. The Kier molecular flexibility index (Phi) is 7.11. The van der Waals surface area contributed by atoms with Crippen LogP contribution in [0.5, 0.6) is 5.75 Å². The van der Waals surface area contributed by atoms with E-state index in [0.717, 1.165) is 43.2 Å². The molecule has 0 bridgehead atoms. The number of benzene rings is 2. The molecule has 0 spiro atoms. The Morgan fingerprint density at radius 3 is 2.52 bits per heavy atom. The van der Waals surface area contributed by atoms with E-state index in [1.807, 2.05) is 31.2 Å². The summed E-state index contributed by atoms with van der Waals surface area (Å²) in [6.07, 6.45) is 1.21. The lowest BCUT2D eigenvalue weighted by Gasteiger charge is -2.23. The lowest BCUT2D eigenvalue weighted by atomic mass is 10.0. The number of nitrogens with zero attached hydrogens (tertiary/aromatic N) is 2. The fraction of sp³-hybridized carbons (Fsp3) is 0.308. The van der Waals surface area contributed by atoms with Gasteiger partial charge in [-0.25, -0.2) is 0 Å². The number of phenolic OH excluding ortho intramolecular Hbond substituents is 1. The number of aromatic hydroxyl groups is 1. The lowest BCUT2D eigenvalue weighted by molar-refractivity contribution is 0.0992. The van der Waals surface area contributed by atoms with E-state index in [0.29, 0.717) is 16.0 Å². The summed E-state index contributed by atoms with van der Waals surface area (Å²) in [7, 11) is 2.14. The van der Waals surface area contributed by atoms with E-state index in [1.54, 1.807) is 24.3 Å². The maximum Gasteiger partial charge on any atom is 0.255 e. The zero-order chi connectivity index (χ0) is 23.4. The lowest BCUT2D eigenvalue weighted by Crippen LogP contribution is -2.28. The number of rotatable bonds is 6. The minimum atomic E-state index is -0.320. The van der Waals surface area contributed by atoms with Gasteiger partial charge >= 0.3 is 0 Å². The normalized spacial score (nSPS) is 14.7. The van der Waals surface area contributed by atoms with E-state index < -0.39 is 0 Å². The van der Waals surface area contributed by atoms with Gasteiger partial charge in [0.1, 0.15) is 5.75 Å². The maximum atomic E-state index is 12.9. The first kappa shape index (κ1) is 23.0. The molecule has 2 aromatic carbocycles. The van der Waals surface area contributed by atoms with Crippen LogP contribution in [0.15, 0.2) is 54.6 Å². The van der Waals surface area contributed by atoms with Crippen molar-refractivity contribution < 1.29 is 14.7 Å². The van der Waals surface area contributed by atoms with Crippen LogP contribution in [0.4, 0.5) is 11.4 Å². The van der Waals surface area contributed by atoms with Crippen LogP contribution in [0, 0.1) is 6.92 Å². The van der Waals surface area contributed by atoms with Gasteiger partial charge in [-0.05, 0) is 75.0 Å². The Morgan fingerprint density at radius 2 is 1.79 bits per heavy atom. The van der Waals surface area contributed by atoms with Gasteiger partial charge in [0.05, 0.1) is 10.6 Å². The summed E-state index contributed by atoms with van der Waals surface area (Å²) in [4.78, 5) is 32.0. The molecule has 4 rings (SSSR count). The number of anilines is 2. The third-order valence-corrected chi connectivity index (χ3v) is 6.99. The van der Waals surface area contributed by atoms with Gasteiger partial charge in [-0.2, -0.15) is 0 Å². The maximum absolute atomic E-state index is 12.9. The van der Waals surface area contributed by atoms with Gasteiger partial charge in [0, 0.05) is 42.2 Å². The van der Waals surface area contributed by atoms with Gasteiger partial charge in [0.25, 0.3) is 5.91 Å². The van der Waals surface area contributed by atoms with Crippen molar-refractivity contribution in [2.75, 3.05) is 43.4 Å². The summed E-state index contributed by atoms with van der Waals surface area (Å²) in [5.74, 6) is -0.415. The van der Waals surface area contributed by atoms with Crippen LogP contribution >= 0.6 is 11.3 Å². The fourth-order valence-electron chi connectivity index (χ4n) is 4.04. The van der Waals surface area contributed by atoms with Gasteiger partial charge in [-0.15, -0.1) is 11.3 Å². The second-order valence-corrected chi connectivity index (χ2v) is 9.75. The van der Waals surface area contributed by atoms with E-state index in [-0.39, 0.29) is 29.5 Å². The molecule has 1 fully saturated rings. The quantitative estimate of drug-likeness (QED) is 0.414. The second kappa shape index (κ2) is 10.2. The summed E-state index contributed by atoms with van der Waals surface area (Å²) in [6.45, 7) is 6.02. The highest BCUT2D eigenvalue weighted by atomic mass is 32.1. The zero-order valence-corrected chi connectivity index (χ0v) is 19.8. The molecule has 1 aromatic heterocycles. The Bertz CT molecular complexity index is 1140. The average molecular weight is 464 g/mol. The highest BCUT2D eigenvalue weighted by Crippen LogP contribution is 2.30. The molecule has 0 unspecified atom stereocenters. The molecule has 3 aromatic rings. The summed E-state index contributed by atoms with van der Waals surface area (Å²) >= 11 is 1.44. The Balaban J connectivity index is 1.47. The number of carbonyl (C=O) groups excluding carboxylic acids is 2. The predicted octanol–water partition coefficient (Wildman–Crippen LogP) is 4.58. The first-order chi connectivity index (χ1) is 15.9. The number of thiophene rings is 1. The number of carbonyl (C=O) groups is 2. The van der Waals surface area contributed by atoms with Crippen molar-refractivity contribution in [2.24, 2.45) is 0 Å². The molecule has 6 nitrogen and oxygen atoms in total. The van der Waals surface area contributed by atoms with Gasteiger partial charge in [-0.3, -0.25) is 9.59 Å². The fourth-order valence-corrected chi connectivity index (χ4v) is 4.84. The van der Waals surface area contributed by atoms with Crippen molar-refractivity contribution in [2.45, 2.75) is 19.8 Å². The number of aryl methyl sites for hydroxylation is 1. The number of para-hydroxylation sites is 1. The SMILES string of the molecule is Cc1ccc(C(=O)Cc2cccc(O)c2NC(=O)c2ccc(N3CCCN(C)CC3)cc2)s1. The number of nitrogens with one attached hydrogen (secondary N) is 1. The topological polar surface area (TPSA) is 72.9 Å². The molecule has 7 heteroatoms. The minimum absolute atomic E-state index is 0.0401. The van der Waals surface area contributed by atoms with Crippen molar-refractivity contribution in [3.63, 3.8) is 0 Å². The van der Waals surface area contributed by atoms with E-state index in [1.165, 1.54) is 17.4 Å². The summed E-state index contributed by atoms with van der Waals surface area (Å²) in [5.41, 5.74) is 2.47. The van der Waals surface area contributed by atoms with Gasteiger partial charge < -0.3 is 20.2 Å². The molecule has 0 saturated carbocycles. The van der Waals surface area contributed by atoms with Gasteiger partial charge in [-0.1, -0.05) is 12.1 Å². The number of amides is 1. The third kappa shape index (κ3) is 5.61. The highest BCUT2D eigenvalue weighted by Gasteiger charge is 2.18. The molecular weight excluding hydrogens is 434 g/mol. The molecule has 0 radical (unpaired) electrons. The Morgan fingerprint density at radius 1 is 1.00 bits per heavy atom. The summed E-state index contributed by atoms with van der Waals surface area (Å²) in [5, 5.41) is 13.2. The molecule has 1 aliphatic heterocycles. The summed E-state index contributed by atoms with van der Waals surface area (Å²) < 4.78 is 0. The molecule has 0 aliphatic carbocycles. The van der Waals surface area contributed by atoms with Crippen LogP contribution in [0.25, 0.3) is 0 Å². The van der Waals surface area contributed by atoms with Crippen LogP contribution in [0.1, 0.15) is 36.9 Å². The second-order valence-electron chi connectivity index (χ2n) is 8.47. The molecule has 1 saturated heterocycles. The van der Waals surface area contributed by atoms with Crippen LogP contribution in [0.3, 0.4) is 0 Å². The first-order valence-corrected chi connectivity index (χ1v) is 12.0. The number of likely N-dealkylation sites (N-methyl/N-ethyl adjacent to an activating group) is 1. The number of phenols is 1. The van der Waals surface area contributed by atoms with Crippen molar-refractivity contribution in [1.82, 2.24) is 4.90 Å². The van der Waals surface area contributed by atoms with Crippen LogP contribution in [-0.2, 0) is 6.42 Å². The number of hydrogen-bond donors (Lipinski definition) is 2.